The Morgan fingerprint density at radius 2 is 2.21 bits per heavy atom. The lowest BCUT2D eigenvalue weighted by Crippen LogP contribution is -2.45. The van der Waals surface area contributed by atoms with Crippen LogP contribution in [0.5, 0.6) is 5.75 Å². The van der Waals surface area contributed by atoms with Crippen LogP contribution >= 0.6 is 0 Å². The number of amides is 1. The molecule has 1 aliphatic heterocycles. The Hall–Kier alpha value is -1.76. The van der Waals surface area contributed by atoms with Gasteiger partial charge < -0.3 is 10.1 Å². The summed E-state index contributed by atoms with van der Waals surface area (Å²) >= 11 is 0. The van der Waals surface area contributed by atoms with Gasteiger partial charge in [0.05, 0.1) is 13.0 Å². The first-order chi connectivity index (χ1) is 11.3. The summed E-state index contributed by atoms with van der Waals surface area (Å²) in [7, 11) is 1.60. The summed E-state index contributed by atoms with van der Waals surface area (Å²) in [6.07, 6.45) is -2.97. The van der Waals surface area contributed by atoms with Gasteiger partial charge in [-0.2, -0.15) is 13.2 Å². The number of benzene rings is 1. The lowest BCUT2D eigenvalue weighted by atomic mass is 9.94. The molecule has 0 bridgehead atoms. The van der Waals surface area contributed by atoms with Gasteiger partial charge in [-0.05, 0) is 44.0 Å². The van der Waals surface area contributed by atoms with E-state index in [1.165, 1.54) is 0 Å². The lowest BCUT2D eigenvalue weighted by Gasteiger charge is -2.36. The van der Waals surface area contributed by atoms with Crippen LogP contribution in [0, 0.1) is 5.92 Å². The molecule has 1 amide bonds. The number of halogens is 3. The Labute approximate surface area is 140 Å². The maximum absolute atomic E-state index is 12.2. The van der Waals surface area contributed by atoms with Gasteiger partial charge in [0.1, 0.15) is 12.3 Å². The molecule has 0 aliphatic carbocycles. The second-order valence-electron chi connectivity index (χ2n) is 6.12. The van der Waals surface area contributed by atoms with Gasteiger partial charge in [-0.1, -0.05) is 12.1 Å². The molecule has 0 unspecified atom stereocenters. The number of carbonyl (C=O) groups excluding carboxylic acids is 1. The second kappa shape index (κ2) is 7.88. The van der Waals surface area contributed by atoms with Gasteiger partial charge in [0.2, 0.25) is 5.91 Å². The standard InChI is InChI=1S/C17H23F3N2O2/c1-12(13-5-3-7-15(9-13)24-2)22-8-4-6-14(10-22)16(23)21-11-17(18,19)20/h3,5,7,9,12,14H,4,6,8,10-11H2,1-2H3,(H,21,23)/t12-,14-/m1/s1. The molecule has 2 rings (SSSR count). The van der Waals surface area contributed by atoms with E-state index in [9.17, 15) is 18.0 Å². The van der Waals surface area contributed by atoms with Crippen LogP contribution in [0.15, 0.2) is 24.3 Å². The van der Waals surface area contributed by atoms with E-state index in [0.29, 0.717) is 13.0 Å². The van der Waals surface area contributed by atoms with Gasteiger partial charge in [0.25, 0.3) is 0 Å². The van der Waals surface area contributed by atoms with E-state index in [0.717, 1.165) is 24.3 Å². The van der Waals surface area contributed by atoms with Crippen LogP contribution in [0.25, 0.3) is 0 Å². The minimum atomic E-state index is -4.38. The van der Waals surface area contributed by atoms with E-state index in [1.54, 1.807) is 7.11 Å². The molecule has 1 N–H and O–H groups in total. The van der Waals surface area contributed by atoms with Crippen LogP contribution in [0.1, 0.15) is 31.4 Å². The summed E-state index contributed by atoms with van der Waals surface area (Å²) in [6.45, 7) is 2.04. The van der Waals surface area contributed by atoms with Crippen LogP contribution in [0.3, 0.4) is 0 Å². The molecule has 0 aromatic heterocycles. The van der Waals surface area contributed by atoms with Crippen LogP contribution in [-0.2, 0) is 4.79 Å². The molecule has 134 valence electrons. The summed E-state index contributed by atoms with van der Waals surface area (Å²) in [5, 5.41) is 2.00. The number of ether oxygens (including phenoxy) is 1. The predicted molar refractivity (Wildman–Crippen MR) is 84.8 cm³/mol. The van der Waals surface area contributed by atoms with Crippen molar-refractivity contribution in [1.82, 2.24) is 10.2 Å². The summed E-state index contributed by atoms with van der Waals surface area (Å²) in [5.41, 5.74) is 1.06. The van der Waals surface area contributed by atoms with Gasteiger partial charge >= 0.3 is 6.18 Å². The van der Waals surface area contributed by atoms with E-state index >= 15 is 0 Å². The molecular formula is C17H23F3N2O2. The highest BCUT2D eigenvalue weighted by Crippen LogP contribution is 2.28. The molecule has 4 nitrogen and oxygen atoms in total. The number of nitrogens with zero attached hydrogens (tertiary/aromatic N) is 1. The number of nitrogens with one attached hydrogen (secondary N) is 1. The SMILES string of the molecule is COc1cccc([C@@H](C)N2CCC[C@@H](C(=O)NCC(F)(F)F)C2)c1. The molecule has 7 heteroatoms. The van der Waals surface area contributed by atoms with Gasteiger partial charge in [-0.3, -0.25) is 9.69 Å². The molecule has 0 spiro atoms. The highest BCUT2D eigenvalue weighted by molar-refractivity contribution is 5.79. The fraction of sp³-hybridized carbons (Fsp3) is 0.588. The van der Waals surface area contributed by atoms with Gasteiger partial charge in [-0.25, -0.2) is 0 Å². The van der Waals surface area contributed by atoms with Crippen molar-refractivity contribution in [2.75, 3.05) is 26.7 Å². The Morgan fingerprint density at radius 1 is 1.46 bits per heavy atom. The summed E-state index contributed by atoms with van der Waals surface area (Å²) in [6, 6.07) is 7.76. The molecule has 1 aromatic carbocycles. The van der Waals surface area contributed by atoms with Crippen molar-refractivity contribution in [3.05, 3.63) is 29.8 Å². The minimum Gasteiger partial charge on any atom is -0.497 e. The summed E-state index contributed by atoms with van der Waals surface area (Å²) in [4.78, 5) is 14.1. The van der Waals surface area contributed by atoms with Crippen molar-refractivity contribution in [3.63, 3.8) is 0 Å². The van der Waals surface area contributed by atoms with Crippen molar-refractivity contribution in [2.24, 2.45) is 5.92 Å². The third kappa shape index (κ3) is 5.12. The van der Waals surface area contributed by atoms with E-state index in [4.69, 9.17) is 4.74 Å². The molecule has 0 radical (unpaired) electrons. The summed E-state index contributed by atoms with van der Waals surface area (Å²) in [5.74, 6) is -0.167. The number of hydrogen-bond donors (Lipinski definition) is 1. The van der Waals surface area contributed by atoms with Crippen molar-refractivity contribution in [3.8, 4) is 5.75 Å². The Kier molecular flexibility index (Phi) is 6.10. The Morgan fingerprint density at radius 3 is 2.88 bits per heavy atom. The maximum Gasteiger partial charge on any atom is 0.405 e. The second-order valence-corrected chi connectivity index (χ2v) is 6.12. The quantitative estimate of drug-likeness (QED) is 0.892. The molecule has 1 aliphatic rings. The zero-order chi connectivity index (χ0) is 17.7. The molecular weight excluding hydrogens is 321 g/mol. The number of piperidine rings is 1. The van der Waals surface area contributed by atoms with E-state index in [1.807, 2.05) is 36.5 Å². The lowest BCUT2D eigenvalue weighted by molar-refractivity contribution is -0.142. The van der Waals surface area contributed by atoms with Crippen molar-refractivity contribution < 1.29 is 22.7 Å². The average molecular weight is 344 g/mol. The molecule has 1 aromatic rings. The first-order valence-corrected chi connectivity index (χ1v) is 8.02. The molecule has 0 saturated carbocycles. The average Bonchev–Trinajstić information content (AvgIpc) is 2.58. The minimum absolute atomic E-state index is 0.0679. The van der Waals surface area contributed by atoms with E-state index < -0.39 is 24.5 Å². The molecule has 2 atom stereocenters. The highest BCUT2D eigenvalue weighted by atomic mass is 19.4. The van der Waals surface area contributed by atoms with E-state index in [-0.39, 0.29) is 6.04 Å². The van der Waals surface area contributed by atoms with Crippen LogP contribution < -0.4 is 10.1 Å². The van der Waals surface area contributed by atoms with E-state index in [2.05, 4.69) is 4.90 Å². The summed E-state index contributed by atoms with van der Waals surface area (Å²) < 4.78 is 42.0. The number of likely N-dealkylation sites (tertiary alicyclic amines) is 1. The number of methoxy groups -OCH3 is 1. The predicted octanol–water partition coefficient (Wildman–Crippen LogP) is 3.15. The van der Waals surface area contributed by atoms with Gasteiger partial charge in [0.15, 0.2) is 0 Å². The fourth-order valence-corrected chi connectivity index (χ4v) is 3.02. The number of alkyl halides is 3. The highest BCUT2D eigenvalue weighted by Gasteiger charge is 2.32. The van der Waals surface area contributed by atoms with Gasteiger partial charge in [-0.15, -0.1) is 0 Å². The Bertz CT molecular complexity index is 563. The third-order valence-corrected chi connectivity index (χ3v) is 4.41. The largest absolute Gasteiger partial charge is 0.497 e. The smallest absolute Gasteiger partial charge is 0.405 e. The van der Waals surface area contributed by atoms with Crippen molar-refractivity contribution in [1.29, 1.82) is 0 Å². The molecule has 24 heavy (non-hydrogen) atoms. The number of rotatable bonds is 5. The first kappa shape index (κ1) is 18.6. The maximum atomic E-state index is 12.2. The fourth-order valence-electron chi connectivity index (χ4n) is 3.02. The zero-order valence-corrected chi connectivity index (χ0v) is 13.9. The molecule has 1 fully saturated rings. The first-order valence-electron chi connectivity index (χ1n) is 8.02. The van der Waals surface area contributed by atoms with Gasteiger partial charge in [0, 0.05) is 12.6 Å². The van der Waals surface area contributed by atoms with Crippen LogP contribution in [0.4, 0.5) is 13.2 Å². The molecule has 1 saturated heterocycles. The third-order valence-electron chi connectivity index (χ3n) is 4.41. The zero-order valence-electron chi connectivity index (χ0n) is 13.9. The number of carbonyl (C=O) groups is 1. The number of hydrogen-bond acceptors (Lipinski definition) is 3. The molecule has 1 heterocycles. The topological polar surface area (TPSA) is 41.6 Å². The van der Waals surface area contributed by atoms with Crippen LogP contribution in [-0.4, -0.2) is 43.7 Å². The van der Waals surface area contributed by atoms with Crippen molar-refractivity contribution >= 4 is 5.91 Å². The normalized spacial score (nSPS) is 20.5. The van der Waals surface area contributed by atoms with Crippen LogP contribution in [0.2, 0.25) is 0 Å². The van der Waals surface area contributed by atoms with Crippen molar-refractivity contribution in [2.45, 2.75) is 32.0 Å². The Balaban J connectivity index is 1.97. The monoisotopic (exact) mass is 344 g/mol.